The van der Waals surface area contributed by atoms with Gasteiger partial charge in [0.2, 0.25) is 6.79 Å². The lowest BCUT2D eigenvalue weighted by molar-refractivity contribution is -0.143. The average molecular weight is 222 g/mol. The van der Waals surface area contributed by atoms with Crippen LogP contribution in [-0.2, 0) is 16.0 Å². The summed E-state index contributed by atoms with van der Waals surface area (Å²) in [7, 11) is 0. The fraction of sp³-hybridized carbons (Fsp3) is 0.417. The summed E-state index contributed by atoms with van der Waals surface area (Å²) in [6, 6.07) is 5.71. The first-order valence-electron chi connectivity index (χ1n) is 5.33. The first kappa shape index (κ1) is 10.8. The quantitative estimate of drug-likeness (QED) is 0.730. The van der Waals surface area contributed by atoms with Crippen LogP contribution in [0, 0.1) is 0 Å². The van der Waals surface area contributed by atoms with Crippen LogP contribution in [0.15, 0.2) is 18.2 Å². The van der Waals surface area contributed by atoms with Crippen molar-refractivity contribution in [3.8, 4) is 11.5 Å². The van der Waals surface area contributed by atoms with Gasteiger partial charge in [0, 0.05) is 6.42 Å². The van der Waals surface area contributed by atoms with Crippen molar-refractivity contribution in [2.45, 2.75) is 19.8 Å². The molecule has 0 N–H and O–H groups in total. The van der Waals surface area contributed by atoms with E-state index < -0.39 is 0 Å². The maximum Gasteiger partial charge on any atom is 0.306 e. The molecule has 2 rings (SSSR count). The molecule has 0 radical (unpaired) electrons. The molecular weight excluding hydrogens is 208 g/mol. The molecule has 0 saturated heterocycles. The SMILES string of the molecule is CCOC(=O)CCc1ccc2c(c1)OCO2. The number of hydrogen-bond donors (Lipinski definition) is 0. The Balaban J connectivity index is 1.93. The molecule has 1 aromatic carbocycles. The fourth-order valence-electron chi connectivity index (χ4n) is 1.58. The van der Waals surface area contributed by atoms with Gasteiger partial charge in [-0.2, -0.15) is 0 Å². The van der Waals surface area contributed by atoms with Crippen LogP contribution >= 0.6 is 0 Å². The number of rotatable bonds is 4. The van der Waals surface area contributed by atoms with Gasteiger partial charge in [0.25, 0.3) is 0 Å². The van der Waals surface area contributed by atoms with E-state index in [-0.39, 0.29) is 12.8 Å². The van der Waals surface area contributed by atoms with Gasteiger partial charge in [-0.25, -0.2) is 0 Å². The summed E-state index contributed by atoms with van der Waals surface area (Å²) >= 11 is 0. The third-order valence-corrected chi connectivity index (χ3v) is 2.36. The molecular formula is C12H14O4. The highest BCUT2D eigenvalue weighted by molar-refractivity contribution is 5.69. The minimum atomic E-state index is -0.167. The van der Waals surface area contributed by atoms with E-state index in [0.717, 1.165) is 17.1 Å². The van der Waals surface area contributed by atoms with Crippen LogP contribution in [0.25, 0.3) is 0 Å². The maximum atomic E-state index is 11.2. The summed E-state index contributed by atoms with van der Waals surface area (Å²) in [6.45, 7) is 2.51. The Labute approximate surface area is 94.1 Å². The lowest BCUT2D eigenvalue weighted by Crippen LogP contribution is -2.05. The molecule has 0 amide bonds. The normalized spacial score (nSPS) is 12.6. The van der Waals surface area contributed by atoms with Crippen molar-refractivity contribution < 1.29 is 19.0 Å². The summed E-state index contributed by atoms with van der Waals surface area (Å²) in [5.74, 6) is 1.35. The van der Waals surface area contributed by atoms with Crippen molar-refractivity contribution in [3.63, 3.8) is 0 Å². The molecule has 0 aromatic heterocycles. The second-order valence-electron chi connectivity index (χ2n) is 3.49. The third kappa shape index (κ3) is 2.45. The number of benzene rings is 1. The number of esters is 1. The third-order valence-electron chi connectivity index (χ3n) is 2.36. The Morgan fingerprint density at radius 3 is 3.00 bits per heavy atom. The zero-order valence-corrected chi connectivity index (χ0v) is 9.19. The predicted octanol–water partition coefficient (Wildman–Crippen LogP) is 1.91. The number of ether oxygens (including phenoxy) is 3. The highest BCUT2D eigenvalue weighted by Gasteiger charge is 2.13. The molecule has 1 heterocycles. The average Bonchev–Trinajstić information content (AvgIpc) is 2.74. The van der Waals surface area contributed by atoms with Gasteiger partial charge in [-0.15, -0.1) is 0 Å². The second-order valence-corrected chi connectivity index (χ2v) is 3.49. The Morgan fingerprint density at radius 2 is 2.19 bits per heavy atom. The Kier molecular flexibility index (Phi) is 3.29. The first-order chi connectivity index (χ1) is 7.79. The number of fused-ring (bicyclic) bond motifs is 1. The van der Waals surface area contributed by atoms with Crippen molar-refractivity contribution in [1.29, 1.82) is 0 Å². The summed E-state index contributed by atoms with van der Waals surface area (Å²) in [4.78, 5) is 11.2. The van der Waals surface area contributed by atoms with Gasteiger partial charge >= 0.3 is 5.97 Å². The molecule has 0 spiro atoms. The van der Waals surface area contributed by atoms with Crippen LogP contribution < -0.4 is 9.47 Å². The zero-order chi connectivity index (χ0) is 11.4. The fourth-order valence-corrected chi connectivity index (χ4v) is 1.58. The van der Waals surface area contributed by atoms with E-state index in [9.17, 15) is 4.79 Å². The maximum absolute atomic E-state index is 11.2. The van der Waals surface area contributed by atoms with Gasteiger partial charge in [0.1, 0.15) is 0 Å². The summed E-state index contributed by atoms with van der Waals surface area (Å²) in [5.41, 5.74) is 1.05. The van der Waals surface area contributed by atoms with E-state index in [2.05, 4.69) is 0 Å². The smallest absolute Gasteiger partial charge is 0.306 e. The second kappa shape index (κ2) is 4.88. The molecule has 0 aliphatic carbocycles. The molecule has 4 nitrogen and oxygen atoms in total. The summed E-state index contributed by atoms with van der Waals surface area (Å²) in [6.07, 6.45) is 1.06. The van der Waals surface area contributed by atoms with Crippen LogP contribution in [0.1, 0.15) is 18.9 Å². The molecule has 86 valence electrons. The molecule has 4 heteroatoms. The van der Waals surface area contributed by atoms with Crippen LogP contribution in [0.5, 0.6) is 11.5 Å². The topological polar surface area (TPSA) is 44.8 Å². The molecule has 0 saturated carbocycles. The van der Waals surface area contributed by atoms with Crippen LogP contribution in [0.4, 0.5) is 0 Å². The zero-order valence-electron chi connectivity index (χ0n) is 9.19. The van der Waals surface area contributed by atoms with Crippen LogP contribution in [-0.4, -0.2) is 19.4 Å². The van der Waals surface area contributed by atoms with E-state index in [4.69, 9.17) is 14.2 Å². The number of carbonyl (C=O) groups excluding carboxylic acids is 1. The Morgan fingerprint density at radius 1 is 1.38 bits per heavy atom. The number of aryl methyl sites for hydroxylation is 1. The molecule has 1 aromatic rings. The molecule has 1 aliphatic heterocycles. The van der Waals surface area contributed by atoms with Crippen LogP contribution in [0.3, 0.4) is 0 Å². The van der Waals surface area contributed by atoms with E-state index in [1.165, 1.54) is 0 Å². The molecule has 0 atom stereocenters. The molecule has 16 heavy (non-hydrogen) atoms. The first-order valence-corrected chi connectivity index (χ1v) is 5.33. The van der Waals surface area contributed by atoms with E-state index in [1.54, 1.807) is 6.92 Å². The highest BCUT2D eigenvalue weighted by atomic mass is 16.7. The summed E-state index contributed by atoms with van der Waals surface area (Å²) < 4.78 is 15.3. The highest BCUT2D eigenvalue weighted by Crippen LogP contribution is 2.32. The van der Waals surface area contributed by atoms with Gasteiger partial charge in [0.05, 0.1) is 6.61 Å². The number of hydrogen-bond acceptors (Lipinski definition) is 4. The van der Waals surface area contributed by atoms with Gasteiger partial charge in [0.15, 0.2) is 11.5 Å². The van der Waals surface area contributed by atoms with Gasteiger partial charge in [-0.05, 0) is 31.0 Å². The molecule has 0 fully saturated rings. The Hall–Kier alpha value is -1.71. The van der Waals surface area contributed by atoms with Gasteiger partial charge in [-0.1, -0.05) is 6.07 Å². The van der Waals surface area contributed by atoms with Gasteiger partial charge in [-0.3, -0.25) is 4.79 Å². The Bertz CT molecular complexity index is 387. The van der Waals surface area contributed by atoms with Crippen molar-refractivity contribution in [2.24, 2.45) is 0 Å². The molecule has 0 bridgehead atoms. The standard InChI is InChI=1S/C12H14O4/c1-2-14-12(13)6-4-9-3-5-10-11(7-9)16-8-15-10/h3,5,7H,2,4,6,8H2,1H3. The predicted molar refractivity (Wildman–Crippen MR) is 57.5 cm³/mol. The van der Waals surface area contributed by atoms with Crippen molar-refractivity contribution in [2.75, 3.05) is 13.4 Å². The van der Waals surface area contributed by atoms with E-state index in [1.807, 2.05) is 18.2 Å². The lowest BCUT2D eigenvalue weighted by Gasteiger charge is -2.03. The van der Waals surface area contributed by atoms with Crippen molar-refractivity contribution >= 4 is 5.97 Å². The minimum absolute atomic E-state index is 0.167. The van der Waals surface area contributed by atoms with Crippen molar-refractivity contribution in [3.05, 3.63) is 23.8 Å². The van der Waals surface area contributed by atoms with Gasteiger partial charge < -0.3 is 14.2 Å². The lowest BCUT2D eigenvalue weighted by atomic mass is 10.1. The van der Waals surface area contributed by atoms with Crippen molar-refractivity contribution in [1.82, 2.24) is 0 Å². The summed E-state index contributed by atoms with van der Waals surface area (Å²) in [5, 5.41) is 0. The number of carbonyl (C=O) groups is 1. The van der Waals surface area contributed by atoms with E-state index in [0.29, 0.717) is 19.4 Å². The monoisotopic (exact) mass is 222 g/mol. The molecule has 1 aliphatic rings. The largest absolute Gasteiger partial charge is 0.466 e. The molecule has 0 unspecified atom stereocenters. The van der Waals surface area contributed by atoms with Crippen LogP contribution in [0.2, 0.25) is 0 Å². The minimum Gasteiger partial charge on any atom is -0.466 e. The van der Waals surface area contributed by atoms with E-state index >= 15 is 0 Å².